The normalized spacial score (nSPS) is 14.7. The fraction of sp³-hybridized carbons (Fsp3) is 0.120. The summed E-state index contributed by atoms with van der Waals surface area (Å²) in [7, 11) is 1.53. The topological polar surface area (TPSA) is 55.8 Å². The molecule has 2 amide bonds. The molecule has 0 atom stereocenters. The van der Waals surface area contributed by atoms with Crippen LogP contribution in [0.1, 0.15) is 16.7 Å². The zero-order valence-corrected chi connectivity index (χ0v) is 21.0. The summed E-state index contributed by atoms with van der Waals surface area (Å²) in [5.74, 6) is 0.0121. The van der Waals surface area contributed by atoms with Crippen molar-refractivity contribution in [3.05, 3.63) is 97.6 Å². The minimum atomic E-state index is -0.489. The number of rotatable bonds is 7. The number of benzene rings is 3. The highest BCUT2D eigenvalue weighted by Gasteiger charge is 2.35. The van der Waals surface area contributed by atoms with Gasteiger partial charge in [-0.1, -0.05) is 57.9 Å². The van der Waals surface area contributed by atoms with E-state index in [9.17, 15) is 14.0 Å². The maximum atomic E-state index is 13.3. The van der Waals surface area contributed by atoms with Gasteiger partial charge in [-0.2, -0.15) is 0 Å². The van der Waals surface area contributed by atoms with Crippen LogP contribution in [0, 0.1) is 5.82 Å². The molecule has 34 heavy (non-hydrogen) atoms. The number of hydrogen-bond donors (Lipinski definition) is 0. The third-order valence-corrected chi connectivity index (χ3v) is 6.82. The van der Waals surface area contributed by atoms with E-state index in [2.05, 4.69) is 15.9 Å². The van der Waals surface area contributed by atoms with Crippen molar-refractivity contribution in [1.29, 1.82) is 0 Å². The summed E-state index contributed by atoms with van der Waals surface area (Å²) in [4.78, 5) is 26.9. The highest BCUT2D eigenvalue weighted by molar-refractivity contribution is 9.10. The quantitative estimate of drug-likeness (QED) is 0.288. The van der Waals surface area contributed by atoms with Gasteiger partial charge < -0.3 is 9.47 Å². The van der Waals surface area contributed by atoms with Crippen LogP contribution in [0.15, 0.2) is 70.0 Å². The standard InChI is InChI=1S/C25H18BrClFNO4S/c1-32-21-4-2-3-16(23(21)33-14-15-5-8-18(26)9-6-15)11-22-24(30)29(25(31)34-22)13-17-7-10-19(28)12-20(17)27/h2-12H,13-14H2,1H3/b22-11-. The second kappa shape index (κ2) is 10.6. The first-order valence-corrected chi connectivity index (χ1v) is 12.1. The molecule has 0 aromatic heterocycles. The molecule has 3 aromatic rings. The van der Waals surface area contributed by atoms with Crippen molar-refractivity contribution >= 4 is 56.5 Å². The Kier molecular flexibility index (Phi) is 7.60. The Hall–Kier alpha value is -2.81. The Balaban J connectivity index is 1.58. The van der Waals surface area contributed by atoms with Gasteiger partial charge in [0.05, 0.1) is 18.6 Å². The summed E-state index contributed by atoms with van der Waals surface area (Å²) in [6.07, 6.45) is 1.61. The molecule has 1 heterocycles. The van der Waals surface area contributed by atoms with Gasteiger partial charge in [0.15, 0.2) is 11.5 Å². The van der Waals surface area contributed by atoms with Crippen LogP contribution in [0.25, 0.3) is 6.08 Å². The van der Waals surface area contributed by atoms with Crippen molar-refractivity contribution in [2.24, 2.45) is 0 Å². The lowest BCUT2D eigenvalue weighted by atomic mass is 10.1. The fourth-order valence-electron chi connectivity index (χ4n) is 3.30. The summed E-state index contributed by atoms with van der Waals surface area (Å²) in [6, 6.07) is 16.9. The maximum absolute atomic E-state index is 13.3. The number of methoxy groups -OCH3 is 1. The molecule has 5 nitrogen and oxygen atoms in total. The largest absolute Gasteiger partial charge is 0.493 e. The van der Waals surface area contributed by atoms with Crippen LogP contribution in [0.3, 0.4) is 0 Å². The molecule has 1 aliphatic rings. The number of hydrogen-bond acceptors (Lipinski definition) is 5. The molecule has 0 N–H and O–H groups in total. The van der Waals surface area contributed by atoms with Crippen molar-refractivity contribution in [3.63, 3.8) is 0 Å². The molecule has 0 spiro atoms. The number of amides is 2. The van der Waals surface area contributed by atoms with Crippen molar-refractivity contribution in [2.45, 2.75) is 13.2 Å². The van der Waals surface area contributed by atoms with E-state index in [0.717, 1.165) is 32.8 Å². The van der Waals surface area contributed by atoms with Gasteiger partial charge in [-0.25, -0.2) is 4.39 Å². The summed E-state index contributed by atoms with van der Waals surface area (Å²) >= 11 is 10.3. The zero-order valence-electron chi connectivity index (χ0n) is 17.9. The second-order valence-corrected chi connectivity index (χ2v) is 9.61. The van der Waals surface area contributed by atoms with Crippen LogP contribution in [0.2, 0.25) is 5.02 Å². The number of nitrogens with zero attached hydrogens (tertiary/aromatic N) is 1. The van der Waals surface area contributed by atoms with E-state index < -0.39 is 17.0 Å². The Morgan fingerprint density at radius 2 is 1.88 bits per heavy atom. The van der Waals surface area contributed by atoms with E-state index in [-0.39, 0.29) is 16.5 Å². The summed E-state index contributed by atoms with van der Waals surface area (Å²) in [5.41, 5.74) is 2.03. The van der Waals surface area contributed by atoms with Gasteiger partial charge in [0.25, 0.3) is 11.1 Å². The third kappa shape index (κ3) is 5.46. The molecule has 0 radical (unpaired) electrons. The van der Waals surface area contributed by atoms with Crippen LogP contribution in [-0.2, 0) is 17.9 Å². The van der Waals surface area contributed by atoms with Gasteiger partial charge in [-0.05, 0) is 59.3 Å². The Bertz CT molecular complexity index is 1280. The monoisotopic (exact) mass is 561 g/mol. The molecule has 1 fully saturated rings. The average Bonchev–Trinajstić information content (AvgIpc) is 3.08. The Morgan fingerprint density at radius 3 is 2.59 bits per heavy atom. The lowest BCUT2D eigenvalue weighted by Gasteiger charge is -2.14. The van der Waals surface area contributed by atoms with Crippen molar-refractivity contribution in [1.82, 2.24) is 4.90 Å². The van der Waals surface area contributed by atoms with Gasteiger partial charge in [-0.3, -0.25) is 14.5 Å². The van der Waals surface area contributed by atoms with E-state index in [1.807, 2.05) is 24.3 Å². The summed E-state index contributed by atoms with van der Waals surface area (Å²) in [5, 5.41) is -0.281. The Labute approximate surface area is 213 Å². The molecule has 0 unspecified atom stereocenters. The lowest BCUT2D eigenvalue weighted by Crippen LogP contribution is -2.27. The van der Waals surface area contributed by atoms with E-state index in [1.165, 1.54) is 19.2 Å². The van der Waals surface area contributed by atoms with Gasteiger partial charge in [0, 0.05) is 15.1 Å². The molecular weight excluding hydrogens is 545 g/mol. The molecule has 1 saturated heterocycles. The number of halogens is 3. The molecule has 4 rings (SSSR count). The minimum absolute atomic E-state index is 0.0494. The first kappa shape index (κ1) is 24.3. The van der Waals surface area contributed by atoms with E-state index in [0.29, 0.717) is 29.2 Å². The number of thioether (sulfide) groups is 1. The molecule has 1 aliphatic heterocycles. The second-order valence-electron chi connectivity index (χ2n) is 7.30. The maximum Gasteiger partial charge on any atom is 0.293 e. The van der Waals surface area contributed by atoms with Crippen LogP contribution in [0.5, 0.6) is 11.5 Å². The molecule has 0 saturated carbocycles. The summed E-state index contributed by atoms with van der Waals surface area (Å²) < 4.78 is 25.8. The lowest BCUT2D eigenvalue weighted by molar-refractivity contribution is -0.123. The predicted molar refractivity (Wildman–Crippen MR) is 134 cm³/mol. The fourth-order valence-corrected chi connectivity index (χ4v) is 4.62. The minimum Gasteiger partial charge on any atom is -0.493 e. The highest BCUT2D eigenvalue weighted by atomic mass is 79.9. The van der Waals surface area contributed by atoms with Gasteiger partial charge >= 0.3 is 0 Å². The number of para-hydroxylation sites is 1. The number of carbonyl (C=O) groups is 2. The molecule has 0 aliphatic carbocycles. The van der Waals surface area contributed by atoms with Gasteiger partial charge in [0.1, 0.15) is 12.4 Å². The summed E-state index contributed by atoms with van der Waals surface area (Å²) in [6.45, 7) is 0.241. The SMILES string of the molecule is COc1cccc(/C=C2\SC(=O)N(Cc3ccc(F)cc3Cl)C2=O)c1OCc1ccc(Br)cc1. The van der Waals surface area contributed by atoms with E-state index >= 15 is 0 Å². The van der Waals surface area contributed by atoms with Gasteiger partial charge in [0.2, 0.25) is 0 Å². The Morgan fingerprint density at radius 1 is 1.12 bits per heavy atom. The van der Waals surface area contributed by atoms with Crippen LogP contribution in [0.4, 0.5) is 9.18 Å². The molecule has 3 aromatic carbocycles. The zero-order chi connectivity index (χ0) is 24.2. The van der Waals surface area contributed by atoms with Crippen molar-refractivity contribution in [3.8, 4) is 11.5 Å². The molecule has 0 bridgehead atoms. The van der Waals surface area contributed by atoms with E-state index in [4.69, 9.17) is 21.1 Å². The van der Waals surface area contributed by atoms with Gasteiger partial charge in [-0.15, -0.1) is 0 Å². The van der Waals surface area contributed by atoms with Crippen molar-refractivity contribution in [2.75, 3.05) is 7.11 Å². The van der Waals surface area contributed by atoms with Crippen molar-refractivity contribution < 1.29 is 23.5 Å². The third-order valence-electron chi connectivity index (χ3n) is 5.03. The number of carbonyl (C=O) groups excluding carboxylic acids is 2. The highest BCUT2D eigenvalue weighted by Crippen LogP contribution is 2.38. The number of imide groups is 1. The first-order chi connectivity index (χ1) is 16.4. The van der Waals surface area contributed by atoms with Crippen LogP contribution >= 0.6 is 39.3 Å². The molecule has 174 valence electrons. The van der Waals surface area contributed by atoms with Crippen LogP contribution in [-0.4, -0.2) is 23.2 Å². The molecular formula is C25H18BrClFNO4S. The molecule has 9 heteroatoms. The average molecular weight is 563 g/mol. The van der Waals surface area contributed by atoms with E-state index in [1.54, 1.807) is 24.3 Å². The van der Waals surface area contributed by atoms with Crippen LogP contribution < -0.4 is 9.47 Å². The predicted octanol–water partition coefficient (Wildman–Crippen LogP) is 7.07. The number of ether oxygens (including phenoxy) is 2. The first-order valence-electron chi connectivity index (χ1n) is 10.1. The smallest absolute Gasteiger partial charge is 0.293 e.